The molecule has 0 bridgehead atoms. The maximum Gasteiger partial charge on any atom is 0.337 e. The van der Waals surface area contributed by atoms with Crippen LogP contribution < -0.4 is 5.32 Å². The van der Waals surface area contributed by atoms with Gasteiger partial charge in [-0.2, -0.15) is 0 Å². The summed E-state index contributed by atoms with van der Waals surface area (Å²) in [6, 6.07) is 7.05. The maximum atomic E-state index is 11.8. The third-order valence-corrected chi connectivity index (χ3v) is 3.43. The van der Waals surface area contributed by atoms with Crippen molar-refractivity contribution in [1.29, 1.82) is 0 Å². The van der Waals surface area contributed by atoms with Crippen LogP contribution >= 0.6 is 0 Å². The van der Waals surface area contributed by atoms with Crippen LogP contribution in [0.3, 0.4) is 0 Å². The van der Waals surface area contributed by atoms with Crippen LogP contribution in [0.5, 0.6) is 0 Å². The lowest BCUT2D eigenvalue weighted by Gasteiger charge is -2.14. The third kappa shape index (κ3) is 4.06. The number of carbonyl (C=O) groups excluding carboxylic acids is 2. The van der Waals surface area contributed by atoms with E-state index in [2.05, 4.69) is 15.0 Å². The molecule has 0 unspecified atom stereocenters. The Morgan fingerprint density at radius 1 is 1.20 bits per heavy atom. The van der Waals surface area contributed by atoms with E-state index in [4.69, 9.17) is 0 Å². The predicted octanol–water partition coefficient (Wildman–Crippen LogP) is 1.19. The highest BCUT2D eigenvalue weighted by Gasteiger charge is 2.14. The van der Waals surface area contributed by atoms with Gasteiger partial charge in [-0.05, 0) is 43.6 Å². The van der Waals surface area contributed by atoms with Gasteiger partial charge in [-0.1, -0.05) is 12.1 Å². The number of ether oxygens (including phenoxy) is 1. The SMILES string of the molecule is COC(=O)c1ccc(CNC(=O)CN2CCCC2)cc1. The number of nitrogens with zero attached hydrogens (tertiary/aromatic N) is 1. The van der Waals surface area contributed by atoms with Gasteiger partial charge in [0.1, 0.15) is 0 Å². The molecule has 20 heavy (non-hydrogen) atoms. The molecule has 0 aromatic heterocycles. The zero-order valence-electron chi connectivity index (χ0n) is 11.7. The van der Waals surface area contributed by atoms with Gasteiger partial charge in [0.25, 0.3) is 0 Å². The molecule has 1 aromatic carbocycles. The molecular weight excluding hydrogens is 256 g/mol. The average Bonchev–Trinajstić information content (AvgIpc) is 2.97. The summed E-state index contributed by atoms with van der Waals surface area (Å²) in [5, 5.41) is 2.89. The molecule has 1 saturated heterocycles. The summed E-state index contributed by atoms with van der Waals surface area (Å²) in [6.07, 6.45) is 2.37. The summed E-state index contributed by atoms with van der Waals surface area (Å²) in [7, 11) is 1.36. The second-order valence-corrected chi connectivity index (χ2v) is 4.95. The van der Waals surface area contributed by atoms with Gasteiger partial charge in [0, 0.05) is 6.54 Å². The van der Waals surface area contributed by atoms with E-state index >= 15 is 0 Å². The molecule has 1 aliphatic rings. The van der Waals surface area contributed by atoms with Crippen molar-refractivity contribution in [3.05, 3.63) is 35.4 Å². The maximum absolute atomic E-state index is 11.8. The van der Waals surface area contributed by atoms with E-state index in [0.29, 0.717) is 18.7 Å². The molecule has 0 saturated carbocycles. The molecule has 1 fully saturated rings. The number of nitrogens with one attached hydrogen (secondary N) is 1. The molecule has 1 aromatic rings. The number of rotatable bonds is 5. The van der Waals surface area contributed by atoms with Crippen LogP contribution in [0.1, 0.15) is 28.8 Å². The first-order valence-corrected chi connectivity index (χ1v) is 6.85. The molecule has 2 rings (SSSR count). The van der Waals surface area contributed by atoms with Crippen molar-refractivity contribution < 1.29 is 14.3 Å². The minimum Gasteiger partial charge on any atom is -0.465 e. The number of esters is 1. The molecule has 5 nitrogen and oxygen atoms in total. The second-order valence-electron chi connectivity index (χ2n) is 4.95. The summed E-state index contributed by atoms with van der Waals surface area (Å²) in [6.45, 7) is 2.98. The van der Waals surface area contributed by atoms with E-state index in [0.717, 1.165) is 18.7 Å². The van der Waals surface area contributed by atoms with Crippen LogP contribution in [0.25, 0.3) is 0 Å². The van der Waals surface area contributed by atoms with Crippen molar-refractivity contribution >= 4 is 11.9 Å². The largest absolute Gasteiger partial charge is 0.465 e. The molecule has 1 heterocycles. The average molecular weight is 276 g/mol. The monoisotopic (exact) mass is 276 g/mol. The highest BCUT2D eigenvalue weighted by Crippen LogP contribution is 2.07. The number of benzene rings is 1. The first-order valence-electron chi connectivity index (χ1n) is 6.85. The van der Waals surface area contributed by atoms with Gasteiger partial charge >= 0.3 is 5.97 Å². The molecule has 0 atom stereocenters. The molecule has 5 heteroatoms. The first kappa shape index (κ1) is 14.5. The number of carbonyl (C=O) groups is 2. The third-order valence-electron chi connectivity index (χ3n) is 3.43. The fourth-order valence-electron chi connectivity index (χ4n) is 2.28. The number of likely N-dealkylation sites (tertiary alicyclic amines) is 1. The van der Waals surface area contributed by atoms with Crippen LogP contribution in [0, 0.1) is 0 Å². The molecule has 1 N–H and O–H groups in total. The Balaban J connectivity index is 1.78. The van der Waals surface area contributed by atoms with Crippen LogP contribution in [0.2, 0.25) is 0 Å². The summed E-state index contributed by atoms with van der Waals surface area (Å²) in [5.41, 5.74) is 1.48. The fraction of sp³-hybridized carbons (Fsp3) is 0.467. The van der Waals surface area contributed by atoms with Crippen LogP contribution in [-0.2, 0) is 16.1 Å². The lowest BCUT2D eigenvalue weighted by Crippen LogP contribution is -2.35. The molecular formula is C15H20N2O3. The fourth-order valence-corrected chi connectivity index (χ4v) is 2.28. The Bertz CT molecular complexity index is 465. The van der Waals surface area contributed by atoms with Gasteiger partial charge in [0.15, 0.2) is 0 Å². The minimum atomic E-state index is -0.352. The zero-order valence-corrected chi connectivity index (χ0v) is 11.7. The van der Waals surface area contributed by atoms with Crippen LogP contribution in [-0.4, -0.2) is 43.5 Å². The topological polar surface area (TPSA) is 58.6 Å². The highest BCUT2D eigenvalue weighted by atomic mass is 16.5. The van der Waals surface area contributed by atoms with E-state index in [1.165, 1.54) is 20.0 Å². The molecule has 0 spiro atoms. The molecule has 0 aliphatic carbocycles. The van der Waals surface area contributed by atoms with Crippen molar-refractivity contribution in [1.82, 2.24) is 10.2 Å². The number of hydrogen-bond donors (Lipinski definition) is 1. The van der Waals surface area contributed by atoms with Crippen molar-refractivity contribution in [3.8, 4) is 0 Å². The smallest absolute Gasteiger partial charge is 0.337 e. The molecule has 108 valence electrons. The van der Waals surface area contributed by atoms with Gasteiger partial charge in [0.05, 0.1) is 19.2 Å². The van der Waals surface area contributed by atoms with Gasteiger partial charge in [-0.3, -0.25) is 9.69 Å². The Hall–Kier alpha value is -1.88. The lowest BCUT2D eigenvalue weighted by molar-refractivity contribution is -0.122. The van der Waals surface area contributed by atoms with Gasteiger partial charge in [0.2, 0.25) is 5.91 Å². The summed E-state index contributed by atoms with van der Waals surface area (Å²) in [4.78, 5) is 25.2. The normalized spacial score (nSPS) is 15.1. The van der Waals surface area contributed by atoms with Crippen LogP contribution in [0.15, 0.2) is 24.3 Å². The Morgan fingerprint density at radius 2 is 1.85 bits per heavy atom. The standard InChI is InChI=1S/C15H20N2O3/c1-20-15(19)13-6-4-12(5-7-13)10-16-14(18)11-17-8-2-3-9-17/h4-7H,2-3,8-11H2,1H3,(H,16,18). The van der Waals surface area contributed by atoms with Gasteiger partial charge < -0.3 is 10.1 Å². The molecule has 0 radical (unpaired) electrons. The quantitative estimate of drug-likeness (QED) is 0.821. The van der Waals surface area contributed by atoms with Gasteiger partial charge in [-0.25, -0.2) is 4.79 Å². The predicted molar refractivity (Wildman–Crippen MR) is 75.3 cm³/mol. The Labute approximate surface area is 118 Å². The summed E-state index contributed by atoms with van der Waals surface area (Å²) in [5.74, 6) is -0.307. The Morgan fingerprint density at radius 3 is 2.45 bits per heavy atom. The van der Waals surface area contributed by atoms with Crippen molar-refractivity contribution in [2.45, 2.75) is 19.4 Å². The van der Waals surface area contributed by atoms with Crippen molar-refractivity contribution in [2.75, 3.05) is 26.7 Å². The molecule has 1 amide bonds. The van der Waals surface area contributed by atoms with Crippen molar-refractivity contribution in [3.63, 3.8) is 0 Å². The number of hydrogen-bond acceptors (Lipinski definition) is 4. The number of methoxy groups -OCH3 is 1. The van der Waals surface area contributed by atoms with E-state index in [1.807, 2.05) is 12.1 Å². The van der Waals surface area contributed by atoms with Crippen molar-refractivity contribution in [2.24, 2.45) is 0 Å². The summed E-state index contributed by atoms with van der Waals surface area (Å²) < 4.78 is 4.63. The van der Waals surface area contributed by atoms with E-state index < -0.39 is 0 Å². The number of amides is 1. The zero-order chi connectivity index (χ0) is 14.4. The summed E-state index contributed by atoms with van der Waals surface area (Å²) >= 11 is 0. The Kier molecular flexibility index (Phi) is 5.12. The van der Waals surface area contributed by atoms with Gasteiger partial charge in [-0.15, -0.1) is 0 Å². The molecule has 1 aliphatic heterocycles. The van der Waals surface area contributed by atoms with E-state index in [-0.39, 0.29) is 11.9 Å². The second kappa shape index (κ2) is 7.05. The van der Waals surface area contributed by atoms with E-state index in [1.54, 1.807) is 12.1 Å². The lowest BCUT2D eigenvalue weighted by atomic mass is 10.1. The minimum absolute atomic E-state index is 0.0453. The van der Waals surface area contributed by atoms with Crippen LogP contribution in [0.4, 0.5) is 0 Å². The first-order chi connectivity index (χ1) is 9.69. The van der Waals surface area contributed by atoms with E-state index in [9.17, 15) is 9.59 Å². The highest BCUT2D eigenvalue weighted by molar-refractivity contribution is 5.89.